The molecule has 19 heavy (non-hydrogen) atoms. The quantitative estimate of drug-likeness (QED) is 0.493. The lowest BCUT2D eigenvalue weighted by Gasteiger charge is -2.07. The van der Waals surface area contributed by atoms with Gasteiger partial charge in [0.15, 0.2) is 0 Å². The van der Waals surface area contributed by atoms with Crippen LogP contribution in [0.5, 0.6) is 0 Å². The highest BCUT2D eigenvalue weighted by atomic mass is 79.9. The molecule has 0 unspecified atom stereocenters. The van der Waals surface area contributed by atoms with Crippen LogP contribution in [0.15, 0.2) is 27.4 Å². The molecule has 0 amide bonds. The number of anilines is 2. The molecule has 0 aliphatic heterocycles. The summed E-state index contributed by atoms with van der Waals surface area (Å²) < 4.78 is 1.10. The van der Waals surface area contributed by atoms with Crippen LogP contribution in [0.3, 0.4) is 0 Å². The van der Waals surface area contributed by atoms with Gasteiger partial charge in [-0.15, -0.1) is 22.7 Å². The SMILES string of the molecule is NNc1nc(NCc2cc(Br)cs2)c2ccsc2n1. The first-order valence-corrected chi connectivity index (χ1v) is 8.00. The zero-order chi connectivity index (χ0) is 13.2. The highest BCUT2D eigenvalue weighted by molar-refractivity contribution is 9.10. The van der Waals surface area contributed by atoms with Crippen molar-refractivity contribution in [1.82, 2.24) is 9.97 Å². The van der Waals surface area contributed by atoms with Crippen molar-refractivity contribution in [3.05, 3.63) is 32.2 Å². The van der Waals surface area contributed by atoms with E-state index in [1.165, 1.54) is 4.88 Å². The Kier molecular flexibility index (Phi) is 3.65. The van der Waals surface area contributed by atoms with E-state index in [4.69, 9.17) is 5.84 Å². The lowest BCUT2D eigenvalue weighted by atomic mass is 10.3. The standard InChI is InChI=1S/C11H10BrN5S2/c12-6-3-7(19-5-6)4-14-9-8-1-2-18-10(8)16-11(15-9)17-13/h1-3,5H,4,13H2,(H2,14,15,16,17). The summed E-state index contributed by atoms with van der Waals surface area (Å²) in [5, 5.41) is 8.39. The maximum atomic E-state index is 5.39. The first kappa shape index (κ1) is 12.8. The van der Waals surface area contributed by atoms with Crippen LogP contribution in [0.25, 0.3) is 10.2 Å². The second-order valence-corrected chi connectivity index (χ2v) is 6.57. The maximum absolute atomic E-state index is 5.39. The molecule has 0 saturated heterocycles. The van der Waals surface area contributed by atoms with E-state index in [1.54, 1.807) is 22.7 Å². The highest BCUT2D eigenvalue weighted by Gasteiger charge is 2.08. The molecule has 0 fully saturated rings. The molecule has 5 nitrogen and oxygen atoms in total. The molecular formula is C11H10BrN5S2. The largest absolute Gasteiger partial charge is 0.364 e. The fraction of sp³-hybridized carbons (Fsp3) is 0.0909. The predicted octanol–water partition coefficient (Wildman–Crippen LogP) is 3.41. The predicted molar refractivity (Wildman–Crippen MR) is 84.6 cm³/mol. The Hall–Kier alpha value is -1.22. The summed E-state index contributed by atoms with van der Waals surface area (Å²) in [5.41, 5.74) is 2.49. The number of hydrazine groups is 1. The molecule has 98 valence electrons. The van der Waals surface area contributed by atoms with Gasteiger partial charge in [0.05, 0.1) is 11.9 Å². The monoisotopic (exact) mass is 355 g/mol. The fourth-order valence-corrected chi connectivity index (χ4v) is 3.83. The van der Waals surface area contributed by atoms with Gasteiger partial charge >= 0.3 is 0 Å². The van der Waals surface area contributed by atoms with Gasteiger partial charge in [-0.1, -0.05) is 0 Å². The van der Waals surface area contributed by atoms with Crippen LogP contribution in [0.4, 0.5) is 11.8 Å². The first-order valence-electron chi connectivity index (χ1n) is 5.45. The lowest BCUT2D eigenvalue weighted by Crippen LogP contribution is -2.11. The van der Waals surface area contributed by atoms with Crippen LogP contribution < -0.4 is 16.6 Å². The Morgan fingerprint density at radius 3 is 2.95 bits per heavy atom. The summed E-state index contributed by atoms with van der Waals surface area (Å²) in [7, 11) is 0. The Bertz CT molecular complexity index is 708. The third-order valence-corrected chi connectivity index (χ3v) is 5.01. The number of halogens is 1. The number of nitrogens with zero attached hydrogens (tertiary/aromatic N) is 2. The molecule has 8 heteroatoms. The van der Waals surface area contributed by atoms with Gasteiger partial charge in [0.25, 0.3) is 0 Å². The van der Waals surface area contributed by atoms with Crippen molar-refractivity contribution in [2.75, 3.05) is 10.7 Å². The van der Waals surface area contributed by atoms with E-state index in [0.29, 0.717) is 5.95 Å². The Morgan fingerprint density at radius 2 is 2.21 bits per heavy atom. The molecule has 0 bridgehead atoms. The van der Waals surface area contributed by atoms with Gasteiger partial charge in [-0.05, 0) is 33.4 Å². The highest BCUT2D eigenvalue weighted by Crippen LogP contribution is 2.27. The number of nitrogens with two attached hydrogens (primary N) is 1. The van der Waals surface area contributed by atoms with E-state index in [2.05, 4.69) is 48.1 Å². The van der Waals surface area contributed by atoms with Gasteiger partial charge in [0, 0.05) is 14.7 Å². The summed E-state index contributed by atoms with van der Waals surface area (Å²) in [4.78, 5) is 10.8. The summed E-state index contributed by atoms with van der Waals surface area (Å²) in [6.45, 7) is 0.724. The second kappa shape index (κ2) is 5.41. The molecular weight excluding hydrogens is 346 g/mol. The minimum atomic E-state index is 0.421. The Morgan fingerprint density at radius 1 is 1.32 bits per heavy atom. The van der Waals surface area contributed by atoms with Gasteiger partial charge in [-0.25, -0.2) is 10.8 Å². The molecule has 0 saturated carbocycles. The number of hydrogen-bond acceptors (Lipinski definition) is 7. The van der Waals surface area contributed by atoms with Crippen LogP contribution in [-0.4, -0.2) is 9.97 Å². The molecule has 0 aliphatic rings. The van der Waals surface area contributed by atoms with Crippen molar-refractivity contribution in [1.29, 1.82) is 0 Å². The third kappa shape index (κ3) is 2.71. The molecule has 0 radical (unpaired) electrons. The normalized spacial score (nSPS) is 10.8. The van der Waals surface area contributed by atoms with E-state index < -0.39 is 0 Å². The van der Waals surface area contributed by atoms with E-state index in [-0.39, 0.29) is 0 Å². The molecule has 0 atom stereocenters. The van der Waals surface area contributed by atoms with Crippen molar-refractivity contribution in [2.24, 2.45) is 5.84 Å². The molecule has 3 aromatic rings. The number of thiophene rings is 2. The van der Waals surface area contributed by atoms with E-state index >= 15 is 0 Å². The Labute approximate surface area is 126 Å². The summed E-state index contributed by atoms with van der Waals surface area (Å²) in [6.07, 6.45) is 0. The third-order valence-electron chi connectivity index (χ3n) is 2.51. The minimum absolute atomic E-state index is 0.421. The van der Waals surface area contributed by atoms with Crippen molar-refractivity contribution >= 4 is 60.6 Å². The lowest BCUT2D eigenvalue weighted by molar-refractivity contribution is 1.11. The van der Waals surface area contributed by atoms with Crippen molar-refractivity contribution < 1.29 is 0 Å². The van der Waals surface area contributed by atoms with E-state index in [0.717, 1.165) is 27.1 Å². The number of rotatable bonds is 4. The molecule has 0 aliphatic carbocycles. The number of nitrogens with one attached hydrogen (secondary N) is 2. The van der Waals surface area contributed by atoms with Crippen LogP contribution in [0.2, 0.25) is 0 Å². The average molecular weight is 356 g/mol. The van der Waals surface area contributed by atoms with Crippen LogP contribution in [0, 0.1) is 0 Å². The van der Waals surface area contributed by atoms with Gasteiger partial charge in [0.1, 0.15) is 10.6 Å². The fourth-order valence-electron chi connectivity index (χ4n) is 1.67. The number of fused-ring (bicyclic) bond motifs is 1. The van der Waals surface area contributed by atoms with Gasteiger partial charge in [-0.2, -0.15) is 4.98 Å². The van der Waals surface area contributed by atoms with Crippen molar-refractivity contribution in [2.45, 2.75) is 6.54 Å². The summed E-state index contributed by atoms with van der Waals surface area (Å²) >= 11 is 6.71. The van der Waals surface area contributed by atoms with Crippen molar-refractivity contribution in [3.8, 4) is 0 Å². The second-order valence-electron chi connectivity index (χ2n) is 3.76. The molecule has 0 spiro atoms. The maximum Gasteiger partial charge on any atom is 0.240 e. The average Bonchev–Trinajstić information content (AvgIpc) is 3.04. The topological polar surface area (TPSA) is 75.9 Å². The van der Waals surface area contributed by atoms with E-state index in [9.17, 15) is 0 Å². The smallest absolute Gasteiger partial charge is 0.240 e. The molecule has 3 aromatic heterocycles. The number of nitrogen functional groups attached to an aromatic ring is 1. The number of hydrogen-bond donors (Lipinski definition) is 3. The molecule has 4 N–H and O–H groups in total. The van der Waals surface area contributed by atoms with Crippen molar-refractivity contribution in [3.63, 3.8) is 0 Å². The molecule has 3 heterocycles. The van der Waals surface area contributed by atoms with Crippen LogP contribution in [0.1, 0.15) is 4.88 Å². The molecule has 0 aromatic carbocycles. The van der Waals surface area contributed by atoms with Gasteiger partial charge in [0.2, 0.25) is 5.95 Å². The summed E-state index contributed by atoms with van der Waals surface area (Å²) in [6, 6.07) is 4.10. The van der Waals surface area contributed by atoms with E-state index in [1.807, 2.05) is 11.4 Å². The summed E-state index contributed by atoms with van der Waals surface area (Å²) in [5.74, 6) is 6.60. The first-order chi connectivity index (χ1) is 9.26. The van der Waals surface area contributed by atoms with Crippen LogP contribution in [-0.2, 0) is 6.54 Å². The zero-order valence-electron chi connectivity index (χ0n) is 9.68. The minimum Gasteiger partial charge on any atom is -0.364 e. The van der Waals surface area contributed by atoms with Crippen LogP contribution >= 0.6 is 38.6 Å². The zero-order valence-corrected chi connectivity index (χ0v) is 12.9. The van der Waals surface area contributed by atoms with Gasteiger partial charge in [-0.3, -0.25) is 5.43 Å². The van der Waals surface area contributed by atoms with Gasteiger partial charge < -0.3 is 5.32 Å². The number of aromatic nitrogens is 2. The Balaban J connectivity index is 1.88. The molecule has 3 rings (SSSR count).